The molecule has 57 heavy (non-hydrogen) atoms. The number of nitrogens with one attached hydrogen (secondary N) is 2. The Morgan fingerprint density at radius 3 is 2.68 bits per heavy atom. The van der Waals surface area contributed by atoms with Gasteiger partial charge in [-0.2, -0.15) is 0 Å². The summed E-state index contributed by atoms with van der Waals surface area (Å²) < 4.78 is 31.0. The van der Waals surface area contributed by atoms with Gasteiger partial charge in [-0.15, -0.1) is 11.8 Å². The summed E-state index contributed by atoms with van der Waals surface area (Å²) >= 11 is 1.54. The summed E-state index contributed by atoms with van der Waals surface area (Å²) in [5, 5.41) is 29.9. The number of piperazine rings is 1. The van der Waals surface area contributed by atoms with Gasteiger partial charge in [0.2, 0.25) is 6.79 Å². The maximum absolute atomic E-state index is 15.1. The minimum absolute atomic E-state index is 0.0468. The van der Waals surface area contributed by atoms with Gasteiger partial charge in [0.15, 0.2) is 22.8 Å². The first-order chi connectivity index (χ1) is 27.3. The Kier molecular flexibility index (Phi) is 8.21. The van der Waals surface area contributed by atoms with E-state index < -0.39 is 52.0 Å². The number of benzene rings is 2. The lowest BCUT2D eigenvalue weighted by atomic mass is 9.63. The minimum atomic E-state index is -1.47. The second-order valence-corrected chi connectivity index (χ2v) is 18.2. The van der Waals surface area contributed by atoms with Crippen molar-refractivity contribution in [1.29, 1.82) is 0 Å². The number of esters is 2. The van der Waals surface area contributed by atoms with Crippen molar-refractivity contribution in [2.75, 3.05) is 46.4 Å². The van der Waals surface area contributed by atoms with E-state index in [1.807, 2.05) is 39.1 Å². The average Bonchev–Trinajstić information content (AvgIpc) is 3.79. The molecule has 10 atom stereocenters. The Hall–Kier alpha value is -4.25. The SMILES string of the molecule is COC1=C(O)C2(C)C3[C@@H]4[C@@H]5SC[C@]6(N[C@@H](CN)Cc7c6[nH]c6ccccc76)C(=O)OC[C@@H](c6c7c(c(C)c(OC(C)=O)c65)OCO7)N4C(O)(C[C@@H]2C=C1C)CN3C. The number of para-hydroxylation sites is 1. The van der Waals surface area contributed by atoms with Crippen LogP contribution in [0.4, 0.5) is 0 Å². The van der Waals surface area contributed by atoms with Crippen molar-refractivity contribution < 1.29 is 43.5 Å². The van der Waals surface area contributed by atoms with Crippen LogP contribution < -0.4 is 25.3 Å². The Bertz CT molecular complexity index is 2330. The molecule has 8 aliphatic heterocycles. The maximum atomic E-state index is 15.1. The number of methoxy groups -OCH3 is 1. The van der Waals surface area contributed by atoms with Crippen LogP contribution in [0, 0.1) is 18.3 Å². The molecule has 0 saturated carbocycles. The molecule has 12 rings (SSSR count). The number of H-pyrrole nitrogens is 1. The molecule has 3 aromatic rings. The molecule has 4 saturated heterocycles. The summed E-state index contributed by atoms with van der Waals surface area (Å²) in [6, 6.07) is 6.08. The highest BCUT2D eigenvalue weighted by molar-refractivity contribution is 7.99. The predicted molar refractivity (Wildman–Crippen MR) is 211 cm³/mol. The van der Waals surface area contributed by atoms with Gasteiger partial charge >= 0.3 is 11.9 Å². The second-order valence-electron chi connectivity index (χ2n) is 17.1. The first kappa shape index (κ1) is 37.0. The van der Waals surface area contributed by atoms with Crippen LogP contribution in [0.2, 0.25) is 0 Å². The largest absolute Gasteiger partial charge is 0.508 e. The normalized spacial score (nSPS) is 36.5. The van der Waals surface area contributed by atoms with Gasteiger partial charge in [-0.3, -0.25) is 19.9 Å². The quantitative estimate of drug-likeness (QED) is 0.190. The number of aromatic nitrogens is 1. The Morgan fingerprint density at radius 2 is 1.93 bits per heavy atom. The standard InChI is InChI=1S/C42H49N5O9S/c1-19-11-22-13-41(51)16-46(5)37(40(22,4)38(49)31(19)52-6)30-35-29-28(34-33(54-18-55-34)20(2)32(29)56-21(3)48)27(47(30)41)15-53-39(50)42(17-57-35)36-25(12-23(14-43)45-42)24-9-7-8-10-26(24)44-36/h7-11,22-23,27,30,35,37,44-45,49,51H,12-18,43H2,1-6H3/t22-,23+,27-,30-,35+,37?,40?,41?,42+/m0/s1. The van der Waals surface area contributed by atoms with E-state index in [1.54, 1.807) is 7.11 Å². The van der Waals surface area contributed by atoms with Gasteiger partial charge in [-0.05, 0) is 56.9 Å². The number of thioether (sulfide) groups is 1. The molecule has 6 N–H and O–H groups in total. The molecule has 0 radical (unpaired) electrons. The summed E-state index contributed by atoms with van der Waals surface area (Å²) in [7, 11) is 3.56. The summed E-state index contributed by atoms with van der Waals surface area (Å²) in [5.74, 6) is 0.781. The number of aromatic amines is 1. The smallest absolute Gasteiger partial charge is 0.333 e. The Labute approximate surface area is 334 Å². The molecule has 1 aliphatic carbocycles. The van der Waals surface area contributed by atoms with Crippen LogP contribution >= 0.6 is 11.8 Å². The van der Waals surface area contributed by atoms with E-state index in [0.717, 1.165) is 33.3 Å². The van der Waals surface area contributed by atoms with Crippen molar-refractivity contribution in [2.45, 2.75) is 81.2 Å². The van der Waals surface area contributed by atoms with Crippen LogP contribution in [0.1, 0.15) is 66.4 Å². The van der Waals surface area contributed by atoms with Gasteiger partial charge in [-0.25, -0.2) is 4.79 Å². The number of hydrogen-bond donors (Lipinski definition) is 5. The van der Waals surface area contributed by atoms with Gasteiger partial charge < -0.3 is 44.6 Å². The van der Waals surface area contributed by atoms with E-state index in [4.69, 9.17) is 29.4 Å². The summed E-state index contributed by atoms with van der Waals surface area (Å²) in [5.41, 5.74) is 8.12. The zero-order chi connectivity index (χ0) is 39.9. The molecule has 302 valence electrons. The number of nitrogens with two attached hydrogens (primary N) is 1. The lowest BCUT2D eigenvalue weighted by Gasteiger charge is -2.62. The first-order valence-corrected chi connectivity index (χ1v) is 20.7. The molecule has 2 aromatic carbocycles. The molecular weight excluding hydrogens is 751 g/mol. The van der Waals surface area contributed by atoms with Crippen LogP contribution in [0.25, 0.3) is 10.9 Å². The van der Waals surface area contributed by atoms with E-state index in [9.17, 15) is 15.0 Å². The van der Waals surface area contributed by atoms with Gasteiger partial charge in [0.25, 0.3) is 0 Å². The van der Waals surface area contributed by atoms with E-state index in [1.165, 1.54) is 18.7 Å². The van der Waals surface area contributed by atoms with Crippen molar-refractivity contribution in [3.8, 4) is 17.2 Å². The molecule has 14 nitrogen and oxygen atoms in total. The molecular formula is C42H49N5O9S. The number of carbonyl (C=O) groups excluding carboxylic acids is 2. The molecule has 4 fully saturated rings. The van der Waals surface area contributed by atoms with E-state index in [0.29, 0.717) is 47.1 Å². The second kappa shape index (κ2) is 12.6. The summed E-state index contributed by atoms with van der Waals surface area (Å²) in [6.07, 6.45) is 3.02. The number of rotatable bonds is 3. The monoisotopic (exact) mass is 799 g/mol. The lowest BCUT2D eigenvalue weighted by Crippen LogP contribution is -2.73. The number of fused-ring (bicyclic) bond motifs is 8. The van der Waals surface area contributed by atoms with Crippen molar-refractivity contribution in [3.05, 3.63) is 75.4 Å². The highest BCUT2D eigenvalue weighted by atomic mass is 32.2. The van der Waals surface area contributed by atoms with Crippen LogP contribution in [-0.4, -0.2) is 107 Å². The van der Waals surface area contributed by atoms with Gasteiger partial charge in [-0.1, -0.05) is 31.2 Å². The third-order valence-corrected chi connectivity index (χ3v) is 15.5. The van der Waals surface area contributed by atoms with Crippen LogP contribution in [-0.2, 0) is 31.0 Å². The zero-order valence-corrected chi connectivity index (χ0v) is 33.7. The van der Waals surface area contributed by atoms with E-state index in [2.05, 4.69) is 39.2 Å². The van der Waals surface area contributed by atoms with Gasteiger partial charge in [0.05, 0.1) is 29.5 Å². The fraction of sp³-hybridized carbons (Fsp3) is 0.524. The number of ether oxygens (including phenoxy) is 5. The molecule has 9 aliphatic rings. The van der Waals surface area contributed by atoms with Gasteiger partial charge in [0, 0.05) is 71.5 Å². The van der Waals surface area contributed by atoms with Crippen LogP contribution in [0.5, 0.6) is 17.2 Å². The first-order valence-electron chi connectivity index (χ1n) is 19.7. The van der Waals surface area contributed by atoms with E-state index >= 15 is 4.79 Å². The van der Waals surface area contributed by atoms with E-state index in [-0.39, 0.29) is 49.8 Å². The number of allylic oxidation sites excluding steroid dienone is 2. The summed E-state index contributed by atoms with van der Waals surface area (Å²) in [6.45, 7) is 7.56. The molecule has 0 amide bonds. The molecule has 15 heteroatoms. The highest BCUT2D eigenvalue weighted by Gasteiger charge is 2.69. The lowest BCUT2D eigenvalue weighted by molar-refractivity contribution is -0.216. The van der Waals surface area contributed by atoms with Crippen molar-refractivity contribution in [2.24, 2.45) is 17.1 Å². The molecule has 4 bridgehead atoms. The Balaban J connectivity index is 1.25. The highest BCUT2D eigenvalue weighted by Crippen LogP contribution is 2.67. The number of aliphatic hydroxyl groups excluding tert-OH is 1. The predicted octanol–water partition coefficient (Wildman–Crippen LogP) is 3.96. The topological polar surface area (TPSA) is 181 Å². The number of carbonyl (C=O) groups is 2. The third-order valence-electron chi connectivity index (χ3n) is 14.0. The fourth-order valence-electron chi connectivity index (χ4n) is 11.8. The maximum Gasteiger partial charge on any atom is 0.333 e. The Morgan fingerprint density at radius 1 is 1.16 bits per heavy atom. The van der Waals surface area contributed by atoms with Crippen LogP contribution in [0.15, 0.2) is 47.4 Å². The van der Waals surface area contributed by atoms with Crippen molar-refractivity contribution in [3.63, 3.8) is 0 Å². The molecule has 1 aromatic heterocycles. The molecule has 4 unspecified atom stereocenters. The zero-order valence-electron chi connectivity index (χ0n) is 32.9. The number of hydrogen-bond acceptors (Lipinski definition) is 14. The number of aliphatic hydroxyl groups is 2. The fourth-order valence-corrected chi connectivity index (χ4v) is 13.4. The molecule has 1 spiro atoms. The van der Waals surface area contributed by atoms with Crippen molar-refractivity contribution >= 4 is 34.6 Å². The number of nitrogens with zero attached hydrogens (tertiary/aromatic N) is 2. The van der Waals surface area contributed by atoms with Gasteiger partial charge in [0.1, 0.15) is 23.8 Å². The minimum Gasteiger partial charge on any atom is -0.508 e. The number of likely N-dealkylation sites (N-methyl/N-ethyl adjacent to an activating group) is 1. The van der Waals surface area contributed by atoms with Crippen molar-refractivity contribution in [1.82, 2.24) is 20.1 Å². The average molecular weight is 800 g/mol. The molecule has 9 heterocycles. The third kappa shape index (κ3) is 4.84. The summed E-state index contributed by atoms with van der Waals surface area (Å²) in [4.78, 5) is 36.0. The van der Waals surface area contributed by atoms with Crippen LogP contribution in [0.3, 0.4) is 0 Å².